The third-order valence-corrected chi connectivity index (χ3v) is 5.42. The number of carbonyl (C=O) groups excluding carboxylic acids is 1. The van der Waals surface area contributed by atoms with E-state index in [1.165, 1.54) is 23.1 Å². The summed E-state index contributed by atoms with van der Waals surface area (Å²) in [6.07, 6.45) is 1.75. The van der Waals surface area contributed by atoms with Crippen LogP contribution in [0.15, 0.2) is 29.4 Å². The smallest absolute Gasteiger partial charge is 0.348 e. The van der Waals surface area contributed by atoms with Gasteiger partial charge in [0.25, 0.3) is 0 Å². The third kappa shape index (κ3) is 3.34. The van der Waals surface area contributed by atoms with Crippen LogP contribution in [0.4, 0.5) is 5.82 Å². The van der Waals surface area contributed by atoms with Crippen LogP contribution in [0, 0.1) is 6.92 Å². The highest BCUT2D eigenvalue weighted by Crippen LogP contribution is 2.33. The summed E-state index contributed by atoms with van der Waals surface area (Å²) in [5, 5.41) is 1.63. The minimum atomic E-state index is -0.346. The van der Waals surface area contributed by atoms with Crippen LogP contribution in [0.25, 0.3) is 10.2 Å². The third-order valence-electron chi connectivity index (χ3n) is 3.31. The lowest BCUT2D eigenvalue weighted by Gasteiger charge is -2.03. The second kappa shape index (κ2) is 7.14. The Labute approximate surface area is 147 Å². The molecular formula is C16H16N4O2S2. The molecule has 3 aromatic rings. The zero-order valence-electron chi connectivity index (χ0n) is 13.3. The number of rotatable bonds is 5. The van der Waals surface area contributed by atoms with Crippen LogP contribution >= 0.6 is 23.1 Å². The molecule has 6 nitrogen and oxygen atoms in total. The van der Waals surface area contributed by atoms with Crippen LogP contribution in [-0.2, 0) is 10.5 Å². The quantitative estimate of drug-likeness (QED) is 0.550. The van der Waals surface area contributed by atoms with E-state index in [1.54, 1.807) is 13.1 Å². The molecular weight excluding hydrogens is 344 g/mol. The topological polar surface area (TPSA) is 91.0 Å². The van der Waals surface area contributed by atoms with Gasteiger partial charge in [-0.25, -0.2) is 19.7 Å². The van der Waals surface area contributed by atoms with Gasteiger partial charge in [-0.1, -0.05) is 17.8 Å². The van der Waals surface area contributed by atoms with Crippen molar-refractivity contribution in [3.8, 4) is 0 Å². The Morgan fingerprint density at radius 3 is 2.92 bits per heavy atom. The van der Waals surface area contributed by atoms with Gasteiger partial charge in [0.15, 0.2) is 0 Å². The van der Waals surface area contributed by atoms with Gasteiger partial charge in [0.05, 0.1) is 22.8 Å². The Morgan fingerprint density at radius 1 is 1.38 bits per heavy atom. The van der Waals surface area contributed by atoms with Crippen LogP contribution in [0.5, 0.6) is 0 Å². The van der Waals surface area contributed by atoms with Crippen molar-refractivity contribution in [2.75, 3.05) is 12.3 Å². The van der Waals surface area contributed by atoms with Gasteiger partial charge in [0.2, 0.25) is 0 Å². The molecule has 0 aliphatic carbocycles. The molecule has 0 atom stereocenters. The molecule has 0 amide bonds. The number of fused-ring (bicyclic) bond motifs is 1. The normalized spacial score (nSPS) is 10.9. The predicted octanol–water partition coefficient (Wildman–Crippen LogP) is 3.45. The van der Waals surface area contributed by atoms with Gasteiger partial charge in [-0.15, -0.1) is 11.3 Å². The lowest BCUT2D eigenvalue weighted by Crippen LogP contribution is -2.03. The number of carbonyl (C=O) groups is 1. The lowest BCUT2D eigenvalue weighted by molar-refractivity contribution is 0.0531. The van der Waals surface area contributed by atoms with E-state index in [0.717, 1.165) is 16.0 Å². The first-order valence-corrected chi connectivity index (χ1v) is 9.16. The van der Waals surface area contributed by atoms with Crippen LogP contribution in [0.2, 0.25) is 0 Å². The van der Waals surface area contributed by atoms with Gasteiger partial charge in [-0.05, 0) is 31.5 Å². The minimum Gasteiger partial charge on any atom is -0.462 e. The van der Waals surface area contributed by atoms with Gasteiger partial charge < -0.3 is 10.5 Å². The standard InChI is InChI=1S/C16H16N4O2S2/c1-3-22-16(21)13-9(2)12-14(17)19-10(20-15(12)24-13)8-23-11-6-4-5-7-18-11/h4-7H,3,8H2,1-2H3,(H2,17,19,20). The lowest BCUT2D eigenvalue weighted by atomic mass is 10.2. The maximum atomic E-state index is 12.0. The molecule has 0 saturated heterocycles. The van der Waals surface area contributed by atoms with Gasteiger partial charge >= 0.3 is 5.97 Å². The highest BCUT2D eigenvalue weighted by atomic mass is 32.2. The highest BCUT2D eigenvalue weighted by molar-refractivity contribution is 7.98. The molecule has 0 bridgehead atoms. The Morgan fingerprint density at radius 2 is 2.21 bits per heavy atom. The second-order valence-electron chi connectivity index (χ2n) is 4.94. The summed E-state index contributed by atoms with van der Waals surface area (Å²) < 4.78 is 5.08. The molecule has 0 fully saturated rings. The van der Waals surface area contributed by atoms with Crippen molar-refractivity contribution < 1.29 is 9.53 Å². The number of esters is 1. The number of thiophene rings is 1. The van der Waals surface area contributed by atoms with E-state index in [1.807, 2.05) is 25.1 Å². The number of ether oxygens (including phenoxy) is 1. The molecule has 8 heteroatoms. The largest absolute Gasteiger partial charge is 0.462 e. The van der Waals surface area contributed by atoms with Gasteiger partial charge in [0, 0.05) is 6.20 Å². The summed E-state index contributed by atoms with van der Waals surface area (Å²) in [4.78, 5) is 26.4. The minimum absolute atomic E-state index is 0.333. The number of nitrogens with zero attached hydrogens (tertiary/aromatic N) is 3. The van der Waals surface area contributed by atoms with Crippen LogP contribution in [-0.4, -0.2) is 27.5 Å². The van der Waals surface area contributed by atoms with Crippen molar-refractivity contribution >= 4 is 45.1 Å². The molecule has 3 aromatic heterocycles. The first kappa shape index (κ1) is 16.7. The molecule has 124 valence electrons. The van der Waals surface area contributed by atoms with Crippen molar-refractivity contribution in [3.05, 3.63) is 40.7 Å². The van der Waals surface area contributed by atoms with Gasteiger partial charge in [-0.2, -0.15) is 0 Å². The first-order chi connectivity index (χ1) is 11.6. The van der Waals surface area contributed by atoms with Crippen LogP contribution in [0.1, 0.15) is 28.0 Å². The van der Waals surface area contributed by atoms with E-state index in [0.29, 0.717) is 33.7 Å². The van der Waals surface area contributed by atoms with Crippen molar-refractivity contribution in [2.24, 2.45) is 0 Å². The Kier molecular flexibility index (Phi) is 4.96. The van der Waals surface area contributed by atoms with E-state index >= 15 is 0 Å². The number of pyridine rings is 1. The summed E-state index contributed by atoms with van der Waals surface area (Å²) in [5.41, 5.74) is 6.87. The summed E-state index contributed by atoms with van der Waals surface area (Å²) in [7, 11) is 0. The Balaban J connectivity index is 1.90. The Bertz CT molecular complexity index is 881. The van der Waals surface area contributed by atoms with E-state index in [4.69, 9.17) is 10.5 Å². The molecule has 0 aliphatic rings. The molecule has 24 heavy (non-hydrogen) atoms. The number of thioether (sulfide) groups is 1. The van der Waals surface area contributed by atoms with E-state index in [9.17, 15) is 4.79 Å². The fraction of sp³-hybridized carbons (Fsp3) is 0.250. The summed E-state index contributed by atoms with van der Waals surface area (Å²) in [5.74, 6) is 1.22. The molecule has 2 N–H and O–H groups in total. The molecule has 0 aromatic carbocycles. The number of hydrogen-bond acceptors (Lipinski definition) is 8. The molecule has 3 rings (SSSR count). The zero-order valence-corrected chi connectivity index (χ0v) is 14.9. The summed E-state index contributed by atoms with van der Waals surface area (Å²) in [6.45, 7) is 3.95. The van der Waals surface area contributed by atoms with Crippen LogP contribution < -0.4 is 5.73 Å². The van der Waals surface area contributed by atoms with E-state index in [2.05, 4.69) is 15.0 Å². The fourth-order valence-corrected chi connectivity index (χ4v) is 4.06. The van der Waals surface area contributed by atoms with Crippen molar-refractivity contribution in [3.63, 3.8) is 0 Å². The highest BCUT2D eigenvalue weighted by Gasteiger charge is 2.20. The van der Waals surface area contributed by atoms with Crippen molar-refractivity contribution in [2.45, 2.75) is 24.6 Å². The number of aromatic nitrogens is 3. The molecule has 0 radical (unpaired) electrons. The second-order valence-corrected chi connectivity index (χ2v) is 6.93. The number of nitrogens with two attached hydrogens (primary N) is 1. The Hall–Kier alpha value is -2.19. The fourth-order valence-electron chi connectivity index (χ4n) is 2.24. The molecule has 0 aliphatic heterocycles. The zero-order chi connectivity index (χ0) is 17.1. The van der Waals surface area contributed by atoms with E-state index < -0.39 is 0 Å². The SMILES string of the molecule is CCOC(=O)c1sc2nc(CSc3ccccn3)nc(N)c2c1C. The molecule has 0 spiro atoms. The average molecular weight is 360 g/mol. The van der Waals surface area contributed by atoms with Crippen molar-refractivity contribution in [1.29, 1.82) is 0 Å². The van der Waals surface area contributed by atoms with Gasteiger partial charge in [0.1, 0.15) is 21.3 Å². The first-order valence-electron chi connectivity index (χ1n) is 7.36. The summed E-state index contributed by atoms with van der Waals surface area (Å²) >= 11 is 2.83. The number of nitrogen functional groups attached to an aromatic ring is 1. The maximum Gasteiger partial charge on any atom is 0.348 e. The average Bonchev–Trinajstić information content (AvgIpc) is 2.91. The number of hydrogen-bond donors (Lipinski definition) is 1. The van der Waals surface area contributed by atoms with E-state index in [-0.39, 0.29) is 5.97 Å². The number of anilines is 1. The van der Waals surface area contributed by atoms with Crippen molar-refractivity contribution in [1.82, 2.24) is 15.0 Å². The predicted molar refractivity (Wildman–Crippen MR) is 96.3 cm³/mol. The molecule has 3 heterocycles. The molecule has 0 saturated carbocycles. The maximum absolute atomic E-state index is 12.0. The molecule has 0 unspecified atom stereocenters. The monoisotopic (exact) mass is 360 g/mol. The summed E-state index contributed by atoms with van der Waals surface area (Å²) in [6, 6.07) is 5.73. The number of aryl methyl sites for hydroxylation is 1. The van der Waals surface area contributed by atoms with Gasteiger partial charge in [-0.3, -0.25) is 0 Å². The van der Waals surface area contributed by atoms with Crippen LogP contribution in [0.3, 0.4) is 0 Å².